The van der Waals surface area contributed by atoms with Crippen LogP contribution in [0.3, 0.4) is 0 Å². The molecule has 3 rings (SSSR count). The molecular formula is C21H25FN6O3. The molecule has 0 radical (unpaired) electrons. The molecule has 1 saturated heterocycles. The van der Waals surface area contributed by atoms with E-state index in [1.54, 1.807) is 29.4 Å². The van der Waals surface area contributed by atoms with Gasteiger partial charge in [-0.05, 0) is 24.3 Å². The minimum atomic E-state index is -0.572. The molecule has 2 aliphatic heterocycles. The Hall–Kier alpha value is -3.69. The third-order valence-electron chi connectivity index (χ3n) is 4.80. The van der Waals surface area contributed by atoms with Crippen LogP contribution in [-0.2, 0) is 9.53 Å². The number of anilines is 2. The van der Waals surface area contributed by atoms with Crippen molar-refractivity contribution in [3.8, 4) is 0 Å². The van der Waals surface area contributed by atoms with Crippen LogP contribution in [0, 0.1) is 5.82 Å². The lowest BCUT2D eigenvalue weighted by molar-refractivity contribution is -0.119. The molecule has 1 N–H and O–H groups in total. The third kappa shape index (κ3) is 5.47. The summed E-state index contributed by atoms with van der Waals surface area (Å²) in [5.74, 6) is -0.684. The lowest BCUT2D eigenvalue weighted by atomic mass is 10.2. The Morgan fingerprint density at radius 2 is 2.23 bits per heavy atom. The van der Waals surface area contributed by atoms with Gasteiger partial charge in [0.25, 0.3) is 0 Å². The molecule has 2 amide bonds. The van der Waals surface area contributed by atoms with Crippen molar-refractivity contribution in [2.24, 2.45) is 10.1 Å². The predicted octanol–water partition coefficient (Wildman–Crippen LogP) is 2.12. The van der Waals surface area contributed by atoms with Gasteiger partial charge < -0.3 is 15.0 Å². The van der Waals surface area contributed by atoms with Gasteiger partial charge in [-0.25, -0.2) is 9.18 Å². The third-order valence-corrected chi connectivity index (χ3v) is 4.80. The summed E-state index contributed by atoms with van der Waals surface area (Å²) in [6.07, 6.45) is 3.60. The van der Waals surface area contributed by atoms with Crippen molar-refractivity contribution in [3.05, 3.63) is 49.5 Å². The molecule has 0 aromatic heterocycles. The lowest BCUT2D eigenvalue weighted by Gasteiger charge is -2.30. The quantitative estimate of drug-likeness (QED) is 0.641. The molecule has 1 atom stereocenters. The number of nitrogens with one attached hydrogen (secondary N) is 1. The zero-order chi connectivity index (χ0) is 22.4. The van der Waals surface area contributed by atoms with Gasteiger partial charge in [-0.2, -0.15) is 5.10 Å². The van der Waals surface area contributed by atoms with Gasteiger partial charge in [-0.3, -0.25) is 19.7 Å². The molecule has 0 bridgehead atoms. The highest BCUT2D eigenvalue weighted by molar-refractivity contribution is 5.96. The van der Waals surface area contributed by atoms with Crippen LogP contribution in [0.2, 0.25) is 0 Å². The maximum atomic E-state index is 14.8. The second kappa shape index (κ2) is 9.88. The second-order valence-electron chi connectivity index (χ2n) is 7.01. The van der Waals surface area contributed by atoms with Gasteiger partial charge in [-0.1, -0.05) is 13.2 Å². The molecule has 1 aromatic rings. The molecule has 1 aromatic carbocycles. The van der Waals surface area contributed by atoms with Crippen molar-refractivity contribution < 1.29 is 18.7 Å². The highest BCUT2D eigenvalue weighted by atomic mass is 19.1. The van der Waals surface area contributed by atoms with E-state index in [0.29, 0.717) is 31.0 Å². The number of hydrogen-bond donors (Lipinski definition) is 1. The molecule has 0 spiro atoms. The number of hydrogen-bond acceptors (Lipinski definition) is 7. The molecule has 2 aliphatic rings. The van der Waals surface area contributed by atoms with E-state index < -0.39 is 18.0 Å². The average molecular weight is 428 g/mol. The number of benzene rings is 1. The number of halogens is 1. The van der Waals surface area contributed by atoms with E-state index in [9.17, 15) is 14.0 Å². The second-order valence-corrected chi connectivity index (χ2v) is 7.01. The first-order valence-corrected chi connectivity index (χ1v) is 9.79. The van der Waals surface area contributed by atoms with E-state index in [4.69, 9.17) is 4.74 Å². The molecule has 0 saturated carbocycles. The number of hydrazone groups is 1. The van der Waals surface area contributed by atoms with Gasteiger partial charge in [0.2, 0.25) is 5.91 Å². The Labute approximate surface area is 180 Å². The highest BCUT2D eigenvalue weighted by Gasteiger charge is 2.33. The van der Waals surface area contributed by atoms with Gasteiger partial charge in [0, 0.05) is 19.7 Å². The fraction of sp³-hybridized carbons (Fsp3) is 0.333. The fourth-order valence-electron chi connectivity index (χ4n) is 3.23. The Bertz CT molecular complexity index is 932. The number of amides is 2. The van der Waals surface area contributed by atoms with E-state index >= 15 is 0 Å². The lowest BCUT2D eigenvalue weighted by Crippen LogP contribution is -2.40. The van der Waals surface area contributed by atoms with Gasteiger partial charge in [-0.15, -0.1) is 0 Å². The number of nitrogens with zero attached hydrogens (tertiary/aromatic N) is 5. The normalized spacial score (nSPS) is 18.8. The molecule has 9 nitrogen and oxygen atoms in total. The summed E-state index contributed by atoms with van der Waals surface area (Å²) in [6, 6.07) is 4.56. The summed E-state index contributed by atoms with van der Waals surface area (Å²) < 4.78 is 20.1. The molecule has 0 aliphatic carbocycles. The van der Waals surface area contributed by atoms with Crippen LogP contribution < -0.4 is 15.1 Å². The monoisotopic (exact) mass is 428 g/mol. The Morgan fingerprint density at radius 3 is 2.84 bits per heavy atom. The standard InChI is InChI=1S/C21H25FN6O3/c1-4-16(23-5-2)12-27-9-8-26(14-25-27)20-7-6-17(10-19(20)22)28-13-18(31-21(28)30)11-24-15(3)29/h4-7,10,14,18H,1-2,8-9,11-13H2,3H3,(H,24,29). The first kappa shape index (κ1) is 22.0. The average Bonchev–Trinajstić information content (AvgIpc) is 3.13. The zero-order valence-electron chi connectivity index (χ0n) is 17.3. The van der Waals surface area contributed by atoms with Crippen molar-refractivity contribution in [1.29, 1.82) is 0 Å². The zero-order valence-corrected chi connectivity index (χ0v) is 17.3. The summed E-state index contributed by atoms with van der Waals surface area (Å²) in [6.45, 7) is 10.7. The molecule has 1 fully saturated rings. The molecule has 164 valence electrons. The van der Waals surface area contributed by atoms with E-state index in [2.05, 4.69) is 28.6 Å². The predicted molar refractivity (Wildman–Crippen MR) is 118 cm³/mol. The van der Waals surface area contributed by atoms with E-state index in [1.165, 1.54) is 24.1 Å². The first-order valence-electron chi connectivity index (χ1n) is 9.79. The van der Waals surface area contributed by atoms with E-state index in [-0.39, 0.29) is 19.0 Å². The van der Waals surface area contributed by atoms with Gasteiger partial charge in [0.1, 0.15) is 18.3 Å². The first-order chi connectivity index (χ1) is 14.9. The van der Waals surface area contributed by atoms with E-state index in [0.717, 1.165) is 5.71 Å². The Balaban J connectivity index is 1.65. The number of rotatable bonds is 8. The maximum Gasteiger partial charge on any atom is 0.414 e. The Kier molecular flexibility index (Phi) is 7.01. The smallest absolute Gasteiger partial charge is 0.414 e. The summed E-state index contributed by atoms with van der Waals surface area (Å²) in [7, 11) is 0. The topological polar surface area (TPSA) is 89.8 Å². The largest absolute Gasteiger partial charge is 0.442 e. The molecule has 31 heavy (non-hydrogen) atoms. The van der Waals surface area contributed by atoms with Crippen molar-refractivity contribution >= 4 is 35.4 Å². The minimum Gasteiger partial charge on any atom is -0.442 e. The summed E-state index contributed by atoms with van der Waals surface area (Å²) >= 11 is 0. The molecular weight excluding hydrogens is 403 g/mol. The summed E-state index contributed by atoms with van der Waals surface area (Å²) in [5.41, 5.74) is 1.49. The van der Waals surface area contributed by atoms with E-state index in [1.807, 2.05) is 5.01 Å². The van der Waals surface area contributed by atoms with Gasteiger partial charge >= 0.3 is 6.09 Å². The van der Waals surface area contributed by atoms with Crippen LogP contribution >= 0.6 is 0 Å². The van der Waals surface area contributed by atoms with Crippen molar-refractivity contribution in [3.63, 3.8) is 0 Å². The number of cyclic esters (lactones) is 1. The number of ether oxygens (including phenoxy) is 1. The number of carbonyl (C=O) groups excluding carboxylic acids is 2. The van der Waals surface area contributed by atoms with Gasteiger partial charge in [0.15, 0.2) is 0 Å². The van der Waals surface area contributed by atoms with Crippen LogP contribution in [0.15, 0.2) is 53.7 Å². The highest BCUT2D eigenvalue weighted by Crippen LogP contribution is 2.28. The van der Waals surface area contributed by atoms with Crippen LogP contribution in [0.4, 0.5) is 20.6 Å². The number of aliphatic imine (C=N–C) groups is 1. The maximum absolute atomic E-state index is 14.8. The van der Waals surface area contributed by atoms with Crippen LogP contribution in [0.25, 0.3) is 0 Å². The van der Waals surface area contributed by atoms with Crippen LogP contribution in [0.1, 0.15) is 6.92 Å². The summed E-state index contributed by atoms with van der Waals surface area (Å²) in [5, 5.41) is 8.76. The minimum absolute atomic E-state index is 0.208. The summed E-state index contributed by atoms with van der Waals surface area (Å²) in [4.78, 5) is 30.3. The molecule has 10 heteroatoms. The van der Waals surface area contributed by atoms with Gasteiger partial charge in [0.05, 0.1) is 43.3 Å². The Morgan fingerprint density at radius 1 is 1.42 bits per heavy atom. The van der Waals surface area contributed by atoms with Crippen molar-refractivity contribution in [2.75, 3.05) is 42.5 Å². The fourth-order valence-corrected chi connectivity index (χ4v) is 3.23. The van der Waals surface area contributed by atoms with Crippen LogP contribution in [0.5, 0.6) is 0 Å². The van der Waals surface area contributed by atoms with Crippen LogP contribution in [-0.4, -0.2) is 67.9 Å². The van der Waals surface area contributed by atoms with Crippen molar-refractivity contribution in [2.45, 2.75) is 13.0 Å². The van der Waals surface area contributed by atoms with Crippen molar-refractivity contribution in [1.82, 2.24) is 10.3 Å². The molecule has 1 unspecified atom stereocenters. The SMILES string of the molecule is C=CN=C(C=C)CN1CCN(c2ccc(N3CC(CNC(C)=O)OC3=O)cc2F)C=N1. The number of carbonyl (C=O) groups is 2. The molecule has 2 heterocycles.